The van der Waals surface area contributed by atoms with Crippen LogP contribution in [0.15, 0.2) is 12.1 Å². The standard InChI is InChI=1S/C14H23NO3/c1-10(2)5-4-6-18-14-8-12(15)11(9-16)7-13(14)17-3/h7-8,10,16H,4-6,9,15H2,1-3H3. The van der Waals surface area contributed by atoms with Gasteiger partial charge in [-0.2, -0.15) is 0 Å². The molecule has 0 aliphatic heterocycles. The molecule has 0 fully saturated rings. The number of hydrogen-bond donors (Lipinski definition) is 2. The minimum atomic E-state index is -0.101. The van der Waals surface area contributed by atoms with Crippen LogP contribution in [0.5, 0.6) is 11.5 Å². The van der Waals surface area contributed by atoms with Crippen LogP contribution in [-0.4, -0.2) is 18.8 Å². The quantitative estimate of drug-likeness (QED) is 0.579. The van der Waals surface area contributed by atoms with E-state index in [9.17, 15) is 0 Å². The summed E-state index contributed by atoms with van der Waals surface area (Å²) in [6.45, 7) is 4.92. The third-order valence-electron chi connectivity index (χ3n) is 2.78. The Kier molecular flexibility index (Phi) is 5.78. The molecule has 3 N–H and O–H groups in total. The lowest BCUT2D eigenvalue weighted by molar-refractivity contribution is 0.273. The molecule has 0 aliphatic carbocycles. The molecule has 0 bridgehead atoms. The van der Waals surface area contributed by atoms with Gasteiger partial charge in [-0.15, -0.1) is 0 Å². The van der Waals surface area contributed by atoms with E-state index in [0.717, 1.165) is 12.8 Å². The van der Waals surface area contributed by atoms with Gasteiger partial charge in [0.05, 0.1) is 20.3 Å². The van der Waals surface area contributed by atoms with Crippen LogP contribution in [0.2, 0.25) is 0 Å². The van der Waals surface area contributed by atoms with E-state index in [2.05, 4.69) is 13.8 Å². The maximum Gasteiger partial charge on any atom is 0.163 e. The Labute approximate surface area is 109 Å². The van der Waals surface area contributed by atoms with Gasteiger partial charge < -0.3 is 20.3 Å². The molecule has 1 aromatic carbocycles. The average Bonchev–Trinajstić information content (AvgIpc) is 2.34. The molecule has 0 atom stereocenters. The second kappa shape index (κ2) is 7.11. The fourth-order valence-electron chi connectivity index (χ4n) is 1.70. The number of benzene rings is 1. The SMILES string of the molecule is COc1cc(CO)c(N)cc1OCCCC(C)C. The first-order valence-electron chi connectivity index (χ1n) is 6.28. The molecule has 0 saturated heterocycles. The van der Waals surface area contributed by atoms with E-state index >= 15 is 0 Å². The minimum Gasteiger partial charge on any atom is -0.493 e. The summed E-state index contributed by atoms with van der Waals surface area (Å²) in [6.07, 6.45) is 2.13. The fraction of sp³-hybridized carbons (Fsp3) is 0.571. The number of methoxy groups -OCH3 is 1. The topological polar surface area (TPSA) is 64.7 Å². The van der Waals surface area contributed by atoms with Crippen LogP contribution < -0.4 is 15.2 Å². The van der Waals surface area contributed by atoms with Gasteiger partial charge in [0.15, 0.2) is 11.5 Å². The van der Waals surface area contributed by atoms with Crippen LogP contribution in [0.1, 0.15) is 32.3 Å². The molecule has 4 heteroatoms. The van der Waals surface area contributed by atoms with Crippen LogP contribution in [-0.2, 0) is 6.61 Å². The van der Waals surface area contributed by atoms with Crippen molar-refractivity contribution >= 4 is 5.69 Å². The summed E-state index contributed by atoms with van der Waals surface area (Å²) >= 11 is 0. The molecular weight excluding hydrogens is 230 g/mol. The summed E-state index contributed by atoms with van der Waals surface area (Å²) in [5.74, 6) is 1.92. The number of ether oxygens (including phenoxy) is 2. The molecule has 0 radical (unpaired) electrons. The maximum absolute atomic E-state index is 9.13. The zero-order chi connectivity index (χ0) is 13.5. The molecule has 0 unspecified atom stereocenters. The molecule has 0 aliphatic rings. The van der Waals surface area contributed by atoms with E-state index in [0.29, 0.717) is 35.3 Å². The molecule has 0 heterocycles. The van der Waals surface area contributed by atoms with Gasteiger partial charge in [-0.3, -0.25) is 0 Å². The summed E-state index contributed by atoms with van der Waals surface area (Å²) in [4.78, 5) is 0. The van der Waals surface area contributed by atoms with Crippen LogP contribution in [0.25, 0.3) is 0 Å². The first kappa shape index (κ1) is 14.6. The van der Waals surface area contributed by atoms with Crippen molar-refractivity contribution in [1.82, 2.24) is 0 Å². The van der Waals surface area contributed by atoms with Gasteiger partial charge in [0.1, 0.15) is 0 Å². The third kappa shape index (κ3) is 4.11. The first-order valence-corrected chi connectivity index (χ1v) is 6.28. The Hall–Kier alpha value is -1.42. The summed E-state index contributed by atoms with van der Waals surface area (Å²) in [5, 5.41) is 9.13. The summed E-state index contributed by atoms with van der Waals surface area (Å²) in [5.41, 5.74) is 6.99. The highest BCUT2D eigenvalue weighted by molar-refractivity contribution is 5.57. The van der Waals surface area contributed by atoms with E-state index in [1.165, 1.54) is 0 Å². The Morgan fingerprint density at radius 1 is 1.28 bits per heavy atom. The molecule has 0 amide bonds. The highest BCUT2D eigenvalue weighted by Gasteiger charge is 2.09. The van der Waals surface area contributed by atoms with Gasteiger partial charge in [0.25, 0.3) is 0 Å². The Morgan fingerprint density at radius 3 is 2.56 bits per heavy atom. The Bertz CT molecular complexity index is 378. The van der Waals surface area contributed by atoms with Crippen LogP contribution in [0, 0.1) is 5.92 Å². The van der Waals surface area contributed by atoms with Crippen molar-refractivity contribution in [3.8, 4) is 11.5 Å². The highest BCUT2D eigenvalue weighted by atomic mass is 16.5. The summed E-state index contributed by atoms with van der Waals surface area (Å²) < 4.78 is 10.9. The van der Waals surface area contributed by atoms with Gasteiger partial charge in [-0.25, -0.2) is 0 Å². The normalized spacial score (nSPS) is 10.7. The second-order valence-corrected chi connectivity index (χ2v) is 4.74. The van der Waals surface area contributed by atoms with Crippen LogP contribution in [0.4, 0.5) is 5.69 Å². The van der Waals surface area contributed by atoms with Crippen LogP contribution >= 0.6 is 0 Å². The molecule has 0 saturated carbocycles. The van der Waals surface area contributed by atoms with E-state index in [1.54, 1.807) is 19.2 Å². The fourth-order valence-corrected chi connectivity index (χ4v) is 1.70. The average molecular weight is 253 g/mol. The van der Waals surface area contributed by atoms with Crippen molar-refractivity contribution in [3.05, 3.63) is 17.7 Å². The molecule has 0 aromatic heterocycles. The van der Waals surface area contributed by atoms with Gasteiger partial charge in [-0.1, -0.05) is 13.8 Å². The number of aliphatic hydroxyl groups is 1. The number of hydrogen-bond acceptors (Lipinski definition) is 4. The minimum absolute atomic E-state index is 0.101. The monoisotopic (exact) mass is 253 g/mol. The Balaban J connectivity index is 2.66. The predicted molar refractivity (Wildman–Crippen MR) is 72.9 cm³/mol. The zero-order valence-corrected chi connectivity index (χ0v) is 11.4. The van der Waals surface area contributed by atoms with Gasteiger partial charge >= 0.3 is 0 Å². The summed E-state index contributed by atoms with van der Waals surface area (Å²) in [7, 11) is 1.58. The number of aliphatic hydroxyl groups excluding tert-OH is 1. The van der Waals surface area contributed by atoms with E-state index < -0.39 is 0 Å². The second-order valence-electron chi connectivity index (χ2n) is 4.74. The van der Waals surface area contributed by atoms with Gasteiger partial charge in [0, 0.05) is 17.3 Å². The van der Waals surface area contributed by atoms with Crippen molar-refractivity contribution in [1.29, 1.82) is 0 Å². The molecule has 102 valence electrons. The summed E-state index contributed by atoms with van der Waals surface area (Å²) in [6, 6.07) is 3.42. The lowest BCUT2D eigenvalue weighted by atomic mass is 10.1. The molecule has 0 spiro atoms. The van der Waals surface area contributed by atoms with E-state index in [1.807, 2.05) is 0 Å². The third-order valence-corrected chi connectivity index (χ3v) is 2.78. The largest absolute Gasteiger partial charge is 0.493 e. The molecule has 18 heavy (non-hydrogen) atoms. The van der Waals surface area contributed by atoms with Crippen LogP contribution in [0.3, 0.4) is 0 Å². The number of nitrogen functional groups attached to an aromatic ring is 1. The lowest BCUT2D eigenvalue weighted by Crippen LogP contribution is -2.03. The van der Waals surface area contributed by atoms with Crippen molar-refractivity contribution in [3.63, 3.8) is 0 Å². The molecule has 1 rings (SSSR count). The lowest BCUT2D eigenvalue weighted by Gasteiger charge is -2.14. The van der Waals surface area contributed by atoms with Gasteiger partial charge in [0.2, 0.25) is 0 Å². The smallest absolute Gasteiger partial charge is 0.163 e. The molecular formula is C14H23NO3. The Morgan fingerprint density at radius 2 is 2.00 bits per heavy atom. The van der Waals surface area contributed by atoms with Crippen molar-refractivity contribution < 1.29 is 14.6 Å². The predicted octanol–water partition coefficient (Wildman–Crippen LogP) is 2.58. The zero-order valence-electron chi connectivity index (χ0n) is 11.4. The molecule has 4 nitrogen and oxygen atoms in total. The van der Waals surface area contributed by atoms with E-state index in [4.69, 9.17) is 20.3 Å². The van der Waals surface area contributed by atoms with Crippen molar-refractivity contribution in [2.75, 3.05) is 19.5 Å². The first-order chi connectivity index (χ1) is 8.58. The molecule has 1 aromatic rings. The van der Waals surface area contributed by atoms with Crippen molar-refractivity contribution in [2.24, 2.45) is 5.92 Å². The van der Waals surface area contributed by atoms with Gasteiger partial charge in [-0.05, 0) is 24.8 Å². The number of rotatable bonds is 7. The highest BCUT2D eigenvalue weighted by Crippen LogP contribution is 2.32. The number of anilines is 1. The number of nitrogens with two attached hydrogens (primary N) is 1. The maximum atomic E-state index is 9.13. The van der Waals surface area contributed by atoms with E-state index in [-0.39, 0.29) is 6.61 Å². The van der Waals surface area contributed by atoms with Crippen molar-refractivity contribution in [2.45, 2.75) is 33.3 Å².